The minimum absolute atomic E-state index is 0.200. The quantitative estimate of drug-likeness (QED) is 0.789. The first kappa shape index (κ1) is 15.0. The Balaban J connectivity index is 2.41. The van der Waals surface area contributed by atoms with E-state index in [1.165, 1.54) is 6.42 Å². The van der Waals surface area contributed by atoms with Crippen LogP contribution in [0.5, 0.6) is 5.75 Å². The van der Waals surface area contributed by atoms with Crippen LogP contribution in [0, 0.1) is 5.92 Å². The number of ketones is 1. The maximum atomic E-state index is 13.2. The number of benzene rings is 1. The summed E-state index contributed by atoms with van der Waals surface area (Å²) in [6.45, 7) is 2.24. The summed E-state index contributed by atoms with van der Waals surface area (Å²) in [5, 5.41) is 0. The average molecular weight is 275 g/mol. The highest BCUT2D eigenvalue weighted by atomic mass is 16.5. The van der Waals surface area contributed by atoms with E-state index in [0.717, 1.165) is 19.3 Å². The van der Waals surface area contributed by atoms with E-state index >= 15 is 0 Å². The van der Waals surface area contributed by atoms with Gasteiger partial charge >= 0.3 is 0 Å². The molecule has 0 aromatic heterocycles. The first-order valence-electron chi connectivity index (χ1n) is 7.36. The molecule has 3 heteroatoms. The normalized spacial score (nSPS) is 26.6. The molecule has 0 spiro atoms. The second kappa shape index (κ2) is 5.96. The topological polar surface area (TPSA) is 29.5 Å². The maximum absolute atomic E-state index is 13.2. The number of nitrogens with zero attached hydrogens (tertiary/aromatic N) is 1. The molecule has 0 heterocycles. The number of carbonyl (C=O) groups is 1. The monoisotopic (exact) mass is 275 g/mol. The largest absolute Gasteiger partial charge is 0.496 e. The van der Waals surface area contributed by atoms with Gasteiger partial charge in [0.05, 0.1) is 18.2 Å². The van der Waals surface area contributed by atoms with Gasteiger partial charge in [-0.1, -0.05) is 31.9 Å². The van der Waals surface area contributed by atoms with E-state index in [1.54, 1.807) is 7.11 Å². The molecule has 1 aliphatic rings. The van der Waals surface area contributed by atoms with Gasteiger partial charge in [0.1, 0.15) is 5.75 Å². The Morgan fingerprint density at radius 2 is 2.05 bits per heavy atom. The SMILES string of the molecule is COc1ccccc1C(=O)C1(N(C)C)CCCC(C)C1. The van der Waals surface area contributed by atoms with E-state index < -0.39 is 0 Å². The lowest BCUT2D eigenvalue weighted by Crippen LogP contribution is -2.53. The molecule has 2 rings (SSSR count). The molecule has 2 unspecified atom stereocenters. The highest BCUT2D eigenvalue weighted by Gasteiger charge is 2.44. The summed E-state index contributed by atoms with van der Waals surface area (Å²) in [6.07, 6.45) is 4.19. The van der Waals surface area contributed by atoms with Gasteiger partial charge in [0, 0.05) is 0 Å². The van der Waals surface area contributed by atoms with Gasteiger partial charge in [-0.2, -0.15) is 0 Å². The number of para-hydroxylation sites is 1. The standard InChI is InChI=1S/C17H25NO2/c1-13-8-7-11-17(12-13,18(2)3)16(19)14-9-5-6-10-15(14)20-4/h5-6,9-10,13H,7-8,11-12H2,1-4H3. The van der Waals surface area contributed by atoms with Crippen LogP contribution in [0.25, 0.3) is 0 Å². The van der Waals surface area contributed by atoms with Gasteiger partial charge in [0.2, 0.25) is 0 Å². The van der Waals surface area contributed by atoms with Crippen LogP contribution in [0.15, 0.2) is 24.3 Å². The van der Waals surface area contributed by atoms with Gasteiger partial charge < -0.3 is 4.74 Å². The van der Waals surface area contributed by atoms with Crippen molar-refractivity contribution in [1.82, 2.24) is 4.90 Å². The van der Waals surface area contributed by atoms with Gasteiger partial charge in [0.15, 0.2) is 5.78 Å². The zero-order chi connectivity index (χ0) is 14.8. The molecule has 0 amide bonds. The lowest BCUT2D eigenvalue weighted by atomic mass is 9.71. The zero-order valence-electron chi connectivity index (χ0n) is 13.0. The molecular weight excluding hydrogens is 250 g/mol. The minimum Gasteiger partial charge on any atom is -0.496 e. The lowest BCUT2D eigenvalue weighted by molar-refractivity contribution is 0.0483. The van der Waals surface area contributed by atoms with E-state index in [4.69, 9.17) is 4.74 Å². The lowest BCUT2D eigenvalue weighted by Gasteiger charge is -2.44. The summed E-state index contributed by atoms with van der Waals surface area (Å²) in [5.41, 5.74) is 0.324. The molecule has 1 aromatic carbocycles. The highest BCUT2D eigenvalue weighted by Crippen LogP contribution is 2.39. The molecule has 1 aromatic rings. The van der Waals surface area contributed by atoms with E-state index in [-0.39, 0.29) is 11.3 Å². The van der Waals surface area contributed by atoms with Crippen LogP contribution in [-0.2, 0) is 0 Å². The van der Waals surface area contributed by atoms with Gasteiger partial charge in [-0.3, -0.25) is 9.69 Å². The minimum atomic E-state index is -0.383. The van der Waals surface area contributed by atoms with Crippen LogP contribution in [0.4, 0.5) is 0 Å². The van der Waals surface area contributed by atoms with Crippen molar-refractivity contribution in [2.24, 2.45) is 5.92 Å². The van der Waals surface area contributed by atoms with E-state index in [9.17, 15) is 4.79 Å². The van der Waals surface area contributed by atoms with Crippen LogP contribution < -0.4 is 4.74 Å². The van der Waals surface area contributed by atoms with Crippen LogP contribution >= 0.6 is 0 Å². The predicted octanol–water partition coefficient (Wildman–Crippen LogP) is 3.39. The molecule has 0 radical (unpaired) electrons. The fourth-order valence-corrected chi connectivity index (χ4v) is 3.42. The molecule has 0 bridgehead atoms. The Morgan fingerprint density at radius 3 is 2.65 bits per heavy atom. The van der Waals surface area contributed by atoms with Crippen molar-refractivity contribution in [2.45, 2.75) is 38.1 Å². The first-order chi connectivity index (χ1) is 9.51. The van der Waals surface area contributed by atoms with Crippen molar-refractivity contribution in [3.8, 4) is 5.75 Å². The van der Waals surface area contributed by atoms with Crippen LogP contribution in [0.1, 0.15) is 43.0 Å². The molecule has 2 atom stereocenters. The highest BCUT2D eigenvalue weighted by molar-refractivity contribution is 6.05. The van der Waals surface area contributed by atoms with E-state index in [1.807, 2.05) is 38.4 Å². The van der Waals surface area contributed by atoms with Crippen molar-refractivity contribution < 1.29 is 9.53 Å². The molecule has 3 nitrogen and oxygen atoms in total. The predicted molar refractivity (Wildman–Crippen MR) is 81.4 cm³/mol. The van der Waals surface area contributed by atoms with Crippen molar-refractivity contribution in [1.29, 1.82) is 0 Å². The third-order valence-corrected chi connectivity index (χ3v) is 4.60. The molecule has 20 heavy (non-hydrogen) atoms. The Labute approximate surface area is 121 Å². The third kappa shape index (κ3) is 2.59. The Hall–Kier alpha value is -1.35. The van der Waals surface area contributed by atoms with Crippen LogP contribution in [0.2, 0.25) is 0 Å². The second-order valence-corrected chi connectivity index (χ2v) is 6.16. The number of rotatable bonds is 4. The Kier molecular flexibility index (Phi) is 4.48. The molecule has 0 aliphatic heterocycles. The number of ether oxygens (including phenoxy) is 1. The smallest absolute Gasteiger partial charge is 0.186 e. The summed E-state index contributed by atoms with van der Waals surface area (Å²) in [6, 6.07) is 7.56. The molecule has 0 saturated heterocycles. The maximum Gasteiger partial charge on any atom is 0.186 e. The van der Waals surface area contributed by atoms with Crippen LogP contribution in [0.3, 0.4) is 0 Å². The summed E-state index contributed by atoms with van der Waals surface area (Å²) in [5.74, 6) is 1.47. The van der Waals surface area contributed by atoms with E-state index in [2.05, 4.69) is 11.8 Å². The Morgan fingerprint density at radius 1 is 1.35 bits per heavy atom. The number of hydrogen-bond acceptors (Lipinski definition) is 3. The second-order valence-electron chi connectivity index (χ2n) is 6.16. The van der Waals surface area contributed by atoms with Crippen molar-refractivity contribution in [3.63, 3.8) is 0 Å². The number of methoxy groups -OCH3 is 1. The van der Waals surface area contributed by atoms with Crippen molar-refractivity contribution in [3.05, 3.63) is 29.8 Å². The third-order valence-electron chi connectivity index (χ3n) is 4.60. The molecule has 0 N–H and O–H groups in total. The van der Waals surface area contributed by atoms with Crippen LogP contribution in [-0.4, -0.2) is 37.4 Å². The summed E-state index contributed by atoms with van der Waals surface area (Å²) in [7, 11) is 5.66. The summed E-state index contributed by atoms with van der Waals surface area (Å²) < 4.78 is 5.37. The fourth-order valence-electron chi connectivity index (χ4n) is 3.42. The number of carbonyl (C=O) groups excluding carboxylic acids is 1. The van der Waals surface area contributed by atoms with Gasteiger partial charge in [0.25, 0.3) is 0 Å². The summed E-state index contributed by atoms with van der Waals surface area (Å²) in [4.78, 5) is 15.3. The molecule has 1 fully saturated rings. The molecule has 110 valence electrons. The Bertz CT molecular complexity index is 484. The summed E-state index contributed by atoms with van der Waals surface area (Å²) >= 11 is 0. The molecular formula is C17H25NO2. The number of hydrogen-bond donors (Lipinski definition) is 0. The van der Waals surface area contributed by atoms with Gasteiger partial charge in [-0.05, 0) is 45.0 Å². The van der Waals surface area contributed by atoms with Gasteiger partial charge in [-0.25, -0.2) is 0 Å². The zero-order valence-corrected chi connectivity index (χ0v) is 13.0. The fraction of sp³-hybridized carbons (Fsp3) is 0.588. The van der Waals surface area contributed by atoms with E-state index in [0.29, 0.717) is 17.2 Å². The molecule has 1 saturated carbocycles. The van der Waals surface area contributed by atoms with Gasteiger partial charge in [-0.15, -0.1) is 0 Å². The molecule has 1 aliphatic carbocycles. The first-order valence-corrected chi connectivity index (χ1v) is 7.36. The van der Waals surface area contributed by atoms with Crippen molar-refractivity contribution >= 4 is 5.78 Å². The number of Topliss-reactive ketones (excluding diaryl/α,β-unsaturated/α-hetero) is 1. The average Bonchev–Trinajstić information content (AvgIpc) is 2.46. The number of likely N-dealkylation sites (N-methyl/N-ethyl adjacent to an activating group) is 1. The van der Waals surface area contributed by atoms with Crippen molar-refractivity contribution in [2.75, 3.05) is 21.2 Å².